The van der Waals surface area contributed by atoms with Crippen molar-refractivity contribution in [3.8, 4) is 11.5 Å². The number of nitrogens with one attached hydrogen (secondary N) is 1. The second kappa shape index (κ2) is 11.6. The number of fused-ring (bicyclic) bond motifs is 1. The summed E-state index contributed by atoms with van der Waals surface area (Å²) in [6.45, 7) is 0.859. The number of anilines is 2. The van der Waals surface area contributed by atoms with E-state index in [1.807, 2.05) is 19.0 Å². The number of likely N-dealkylation sites (N-methyl/N-ethyl adjacent to an activating group) is 1. The van der Waals surface area contributed by atoms with Gasteiger partial charge in [-0.25, -0.2) is 13.4 Å². The predicted molar refractivity (Wildman–Crippen MR) is 152 cm³/mol. The monoisotopic (exact) mass is 574 g/mol. The largest absolute Gasteiger partial charge is 0.497 e. The predicted octanol–water partition coefficient (Wildman–Crippen LogP) is 4.98. The minimum Gasteiger partial charge on any atom is -0.497 e. The smallest absolute Gasteiger partial charge is 0.262 e. The molecule has 12 heteroatoms. The molecule has 9 nitrogen and oxygen atoms in total. The number of hydrogen-bond donors (Lipinski definition) is 1. The lowest BCUT2D eigenvalue weighted by Crippen LogP contribution is -2.37. The quantitative estimate of drug-likeness (QED) is 0.285. The van der Waals surface area contributed by atoms with E-state index in [1.165, 1.54) is 35.5 Å². The Kier molecular flexibility index (Phi) is 8.41. The number of para-hydroxylation sites is 1. The van der Waals surface area contributed by atoms with Crippen LogP contribution in [0.2, 0.25) is 5.02 Å². The van der Waals surface area contributed by atoms with E-state index >= 15 is 0 Å². The van der Waals surface area contributed by atoms with E-state index in [0.717, 1.165) is 0 Å². The summed E-state index contributed by atoms with van der Waals surface area (Å²) in [5.74, 6) is 0.664. The van der Waals surface area contributed by atoms with Gasteiger partial charge >= 0.3 is 0 Å². The summed E-state index contributed by atoms with van der Waals surface area (Å²) in [6.07, 6.45) is 0. The summed E-state index contributed by atoms with van der Waals surface area (Å²) in [6, 6.07) is 15.9. The maximum Gasteiger partial charge on any atom is 0.262 e. The standard InChI is InChI=1S/C26H27ClN4O5S2/c1-30(2)15-16-31(26-28-23-22(36-4)14-13-20(27)24(23)37-26)25(32)19-7-5-6-8-21(19)29-38(33,34)18-11-9-17(35-3)10-12-18/h5-14,29H,15-16H2,1-4H3. The molecule has 0 saturated carbocycles. The Hall–Kier alpha value is -3.38. The van der Waals surface area contributed by atoms with E-state index < -0.39 is 15.9 Å². The molecule has 0 saturated heterocycles. The minimum atomic E-state index is -3.98. The van der Waals surface area contributed by atoms with Gasteiger partial charge in [-0.05, 0) is 62.6 Å². The molecule has 1 aromatic heterocycles. The van der Waals surface area contributed by atoms with E-state index in [1.54, 1.807) is 55.6 Å². The first kappa shape index (κ1) is 27.6. The van der Waals surface area contributed by atoms with Crippen LogP contribution >= 0.6 is 22.9 Å². The van der Waals surface area contributed by atoms with Gasteiger partial charge in [-0.3, -0.25) is 14.4 Å². The summed E-state index contributed by atoms with van der Waals surface area (Å²) in [5.41, 5.74) is 0.886. The Bertz CT molecular complexity index is 1560. The van der Waals surface area contributed by atoms with Crippen molar-refractivity contribution in [3.05, 3.63) is 71.2 Å². The van der Waals surface area contributed by atoms with Gasteiger partial charge in [-0.1, -0.05) is 35.1 Å². The first-order valence-corrected chi connectivity index (χ1v) is 14.2. The number of benzene rings is 3. The first-order valence-electron chi connectivity index (χ1n) is 11.5. The zero-order valence-electron chi connectivity index (χ0n) is 21.3. The van der Waals surface area contributed by atoms with E-state index in [-0.39, 0.29) is 16.1 Å². The van der Waals surface area contributed by atoms with Crippen LogP contribution in [0.25, 0.3) is 10.2 Å². The number of carbonyl (C=O) groups is 1. The van der Waals surface area contributed by atoms with Crippen LogP contribution in [-0.2, 0) is 10.0 Å². The van der Waals surface area contributed by atoms with E-state index in [2.05, 4.69) is 9.71 Å². The number of thiazole rings is 1. The number of halogens is 1. The number of amides is 1. The van der Waals surface area contributed by atoms with Gasteiger partial charge in [-0.2, -0.15) is 0 Å². The van der Waals surface area contributed by atoms with Crippen molar-refractivity contribution in [3.63, 3.8) is 0 Å². The average molecular weight is 575 g/mol. The van der Waals surface area contributed by atoms with Gasteiger partial charge in [0, 0.05) is 13.1 Å². The first-order chi connectivity index (χ1) is 18.1. The van der Waals surface area contributed by atoms with Crippen molar-refractivity contribution in [1.82, 2.24) is 9.88 Å². The summed E-state index contributed by atoms with van der Waals surface area (Å²) in [5, 5.41) is 0.920. The van der Waals surface area contributed by atoms with Crippen molar-refractivity contribution in [1.29, 1.82) is 0 Å². The van der Waals surface area contributed by atoms with E-state index in [4.69, 9.17) is 21.1 Å². The second-order valence-electron chi connectivity index (χ2n) is 8.51. The van der Waals surface area contributed by atoms with Crippen LogP contribution in [0.15, 0.2) is 65.6 Å². The van der Waals surface area contributed by atoms with Crippen LogP contribution in [0.3, 0.4) is 0 Å². The van der Waals surface area contributed by atoms with Crippen molar-refractivity contribution in [2.75, 3.05) is 51.0 Å². The maximum absolute atomic E-state index is 14.0. The van der Waals surface area contributed by atoms with Gasteiger partial charge in [0.2, 0.25) is 0 Å². The van der Waals surface area contributed by atoms with Crippen molar-refractivity contribution < 1.29 is 22.7 Å². The molecule has 3 aromatic carbocycles. The van der Waals surface area contributed by atoms with Crippen molar-refractivity contribution >= 4 is 59.9 Å². The molecule has 1 N–H and O–H groups in total. The summed E-state index contributed by atoms with van der Waals surface area (Å²) in [7, 11) is 2.87. The molecular weight excluding hydrogens is 548 g/mol. The van der Waals surface area contributed by atoms with Crippen LogP contribution in [0.5, 0.6) is 11.5 Å². The van der Waals surface area contributed by atoms with Gasteiger partial charge in [0.15, 0.2) is 5.13 Å². The fourth-order valence-corrected chi connectivity index (χ4v) is 6.03. The number of rotatable bonds is 10. The number of methoxy groups -OCH3 is 2. The molecule has 0 radical (unpaired) electrons. The van der Waals surface area contributed by atoms with Gasteiger partial charge < -0.3 is 14.4 Å². The molecule has 1 amide bonds. The maximum atomic E-state index is 14.0. The molecule has 0 aliphatic carbocycles. The van der Waals surface area contributed by atoms with Crippen LogP contribution < -0.4 is 19.1 Å². The molecule has 0 spiro atoms. The van der Waals surface area contributed by atoms with Crippen LogP contribution in [0, 0.1) is 0 Å². The van der Waals surface area contributed by atoms with Crippen LogP contribution in [-0.4, -0.2) is 65.6 Å². The Labute approximate surface area is 230 Å². The van der Waals surface area contributed by atoms with Gasteiger partial charge in [0.25, 0.3) is 15.9 Å². The SMILES string of the molecule is COc1ccc(S(=O)(=O)Nc2ccccc2C(=O)N(CCN(C)C)c2nc3c(OC)ccc(Cl)c3s2)cc1. The third kappa shape index (κ3) is 5.86. The number of nitrogens with zero attached hydrogens (tertiary/aromatic N) is 3. The van der Waals surface area contributed by atoms with Crippen molar-refractivity contribution in [2.45, 2.75) is 4.90 Å². The average Bonchev–Trinajstić information content (AvgIpc) is 3.35. The van der Waals surface area contributed by atoms with Gasteiger partial charge in [0.05, 0.1) is 40.1 Å². The highest BCUT2D eigenvalue weighted by Gasteiger charge is 2.26. The molecule has 4 rings (SSSR count). The molecule has 0 aliphatic rings. The zero-order chi connectivity index (χ0) is 27.4. The lowest BCUT2D eigenvalue weighted by atomic mass is 10.1. The second-order valence-corrected chi connectivity index (χ2v) is 11.6. The van der Waals surface area contributed by atoms with Crippen molar-refractivity contribution in [2.24, 2.45) is 0 Å². The van der Waals surface area contributed by atoms with Crippen LogP contribution in [0.4, 0.5) is 10.8 Å². The number of aromatic nitrogens is 1. The molecular formula is C26H27ClN4O5S2. The fourth-order valence-electron chi connectivity index (χ4n) is 3.67. The minimum absolute atomic E-state index is 0.0397. The summed E-state index contributed by atoms with van der Waals surface area (Å²) >= 11 is 7.69. The third-order valence-corrected chi connectivity index (χ3v) is 8.61. The highest BCUT2D eigenvalue weighted by Crippen LogP contribution is 2.39. The Balaban J connectivity index is 1.73. The number of carbonyl (C=O) groups excluding carboxylic acids is 1. The highest BCUT2D eigenvalue weighted by molar-refractivity contribution is 7.92. The van der Waals surface area contributed by atoms with E-state index in [9.17, 15) is 13.2 Å². The zero-order valence-corrected chi connectivity index (χ0v) is 23.7. The number of ether oxygens (including phenoxy) is 2. The Morgan fingerprint density at radius 3 is 2.37 bits per heavy atom. The molecule has 0 unspecified atom stereocenters. The lowest BCUT2D eigenvalue weighted by molar-refractivity contribution is 0.0986. The lowest BCUT2D eigenvalue weighted by Gasteiger charge is -2.23. The molecule has 38 heavy (non-hydrogen) atoms. The Morgan fingerprint density at radius 1 is 1.00 bits per heavy atom. The van der Waals surface area contributed by atoms with Gasteiger partial charge in [-0.15, -0.1) is 0 Å². The third-order valence-electron chi connectivity index (χ3n) is 5.69. The fraction of sp³-hybridized carbons (Fsp3) is 0.231. The number of sulfonamides is 1. The number of hydrogen-bond acceptors (Lipinski definition) is 8. The molecule has 0 aliphatic heterocycles. The summed E-state index contributed by atoms with van der Waals surface area (Å²) in [4.78, 5) is 22.2. The molecule has 1 heterocycles. The molecule has 0 atom stereocenters. The van der Waals surface area contributed by atoms with E-state index in [0.29, 0.717) is 45.0 Å². The highest BCUT2D eigenvalue weighted by atomic mass is 35.5. The normalized spacial score (nSPS) is 11.5. The topological polar surface area (TPSA) is 101 Å². The Morgan fingerprint density at radius 2 is 1.71 bits per heavy atom. The molecule has 4 aromatic rings. The van der Waals surface area contributed by atoms with Crippen LogP contribution in [0.1, 0.15) is 10.4 Å². The summed E-state index contributed by atoms with van der Waals surface area (Å²) < 4.78 is 40.1. The van der Waals surface area contributed by atoms with Gasteiger partial charge in [0.1, 0.15) is 17.0 Å². The molecule has 0 bridgehead atoms. The molecule has 200 valence electrons. The molecule has 0 fully saturated rings.